The quantitative estimate of drug-likeness (QED) is 0.513. The predicted molar refractivity (Wildman–Crippen MR) is 91.8 cm³/mol. The summed E-state index contributed by atoms with van der Waals surface area (Å²) >= 11 is 0. The van der Waals surface area contributed by atoms with Gasteiger partial charge >= 0.3 is 5.97 Å². The third kappa shape index (κ3) is 1.33. The molecular weight excluding hydrogens is 332 g/mol. The summed E-state index contributed by atoms with van der Waals surface area (Å²) in [4.78, 5) is 13.0. The molecule has 2 aliphatic heterocycles. The van der Waals surface area contributed by atoms with Crippen molar-refractivity contribution in [2.24, 2.45) is 22.7 Å². The van der Waals surface area contributed by atoms with Crippen molar-refractivity contribution >= 4 is 5.97 Å². The van der Waals surface area contributed by atoms with Crippen LogP contribution in [0.1, 0.15) is 65.2 Å². The van der Waals surface area contributed by atoms with Crippen molar-refractivity contribution in [1.82, 2.24) is 0 Å². The molecule has 0 amide bonds. The van der Waals surface area contributed by atoms with Crippen molar-refractivity contribution in [3.05, 3.63) is 11.6 Å². The minimum atomic E-state index is -1.03. The van der Waals surface area contributed by atoms with Crippen LogP contribution in [-0.2, 0) is 14.3 Å². The lowest BCUT2D eigenvalue weighted by atomic mass is 9.44. The van der Waals surface area contributed by atoms with Gasteiger partial charge in [-0.1, -0.05) is 18.6 Å². The third-order valence-corrected chi connectivity index (χ3v) is 9.49. The number of carbonyl (C=O) groups is 1. The van der Waals surface area contributed by atoms with Gasteiger partial charge in [0.15, 0.2) is 0 Å². The van der Waals surface area contributed by atoms with E-state index in [1.54, 1.807) is 0 Å². The first-order chi connectivity index (χ1) is 12.2. The smallest absolute Gasteiger partial charge is 0.318 e. The van der Waals surface area contributed by atoms with Crippen LogP contribution in [-0.4, -0.2) is 39.3 Å². The molecule has 6 rings (SSSR count). The number of aliphatic hydroxyl groups is 2. The number of carbonyl (C=O) groups excluding carboxylic acids is 1. The molecule has 4 bridgehead atoms. The second-order valence-corrected chi connectivity index (χ2v) is 10.2. The summed E-state index contributed by atoms with van der Waals surface area (Å²) in [6.45, 7) is 4.15. The van der Waals surface area contributed by atoms with E-state index in [0.29, 0.717) is 12.8 Å². The van der Waals surface area contributed by atoms with Gasteiger partial charge in [0.1, 0.15) is 16.6 Å². The molecule has 2 N–H and O–H groups in total. The summed E-state index contributed by atoms with van der Waals surface area (Å²) in [6, 6.07) is 0. The third-order valence-electron chi connectivity index (χ3n) is 9.49. The highest BCUT2D eigenvalue weighted by atomic mass is 16.8. The van der Waals surface area contributed by atoms with Gasteiger partial charge in [0.05, 0.1) is 6.10 Å². The number of esters is 1. The molecule has 0 aromatic rings. The minimum absolute atomic E-state index is 0.0684. The molecule has 0 unspecified atom stereocenters. The van der Waals surface area contributed by atoms with Crippen LogP contribution in [0.5, 0.6) is 0 Å². The topological polar surface area (TPSA) is 76.0 Å². The standard InChI is InChI=1S/C21H28O5/c1-17-7-4-13(22)11-12(17)3-9-20(24)14(17)5-8-19-15-6-10-21(19,20)26-18(15,2)25-16(19)23/h3,13-15,22,24H,4-11H2,1-2H3/t13-,14+,15+,17-,18-,19+,20+,21+/m0/s1. The number of aliphatic hydroxyl groups excluding tert-OH is 1. The Balaban J connectivity index is 1.53. The molecule has 6 aliphatic rings. The Labute approximate surface area is 153 Å². The maximum atomic E-state index is 13.0. The highest BCUT2D eigenvalue weighted by molar-refractivity contribution is 5.85. The van der Waals surface area contributed by atoms with Crippen molar-refractivity contribution in [2.45, 2.75) is 88.3 Å². The Kier molecular flexibility index (Phi) is 2.62. The Hall–Kier alpha value is -0.910. The van der Waals surface area contributed by atoms with E-state index in [2.05, 4.69) is 13.0 Å². The molecule has 0 aromatic carbocycles. The fourth-order valence-corrected chi connectivity index (χ4v) is 8.47. The van der Waals surface area contributed by atoms with Gasteiger partial charge in [-0.25, -0.2) is 0 Å². The number of hydrogen-bond acceptors (Lipinski definition) is 5. The van der Waals surface area contributed by atoms with Crippen molar-refractivity contribution in [3.8, 4) is 0 Å². The van der Waals surface area contributed by atoms with Crippen LogP contribution in [0.15, 0.2) is 11.6 Å². The Bertz CT molecular complexity index is 762. The van der Waals surface area contributed by atoms with Gasteiger partial charge in [-0.05, 0) is 62.7 Å². The van der Waals surface area contributed by atoms with E-state index in [0.717, 1.165) is 38.5 Å². The van der Waals surface area contributed by atoms with Crippen LogP contribution >= 0.6 is 0 Å². The molecular formula is C21H28O5. The fourth-order valence-electron chi connectivity index (χ4n) is 8.47. The second kappa shape index (κ2) is 4.23. The number of rotatable bonds is 0. The Morgan fingerprint density at radius 3 is 2.69 bits per heavy atom. The van der Waals surface area contributed by atoms with Crippen molar-refractivity contribution in [2.75, 3.05) is 0 Å². The van der Waals surface area contributed by atoms with E-state index in [-0.39, 0.29) is 29.3 Å². The highest BCUT2D eigenvalue weighted by Crippen LogP contribution is 2.79. The first kappa shape index (κ1) is 16.1. The van der Waals surface area contributed by atoms with E-state index in [4.69, 9.17) is 9.47 Å². The summed E-state index contributed by atoms with van der Waals surface area (Å²) in [5.41, 5.74) is -1.32. The molecule has 5 nitrogen and oxygen atoms in total. The molecule has 0 aromatic heterocycles. The van der Waals surface area contributed by atoms with Gasteiger partial charge < -0.3 is 19.7 Å². The van der Waals surface area contributed by atoms with Crippen LogP contribution in [0, 0.1) is 22.7 Å². The number of fused-ring (bicyclic) bond motifs is 3. The van der Waals surface area contributed by atoms with Crippen molar-refractivity contribution in [3.63, 3.8) is 0 Å². The van der Waals surface area contributed by atoms with Gasteiger partial charge in [0, 0.05) is 12.8 Å². The first-order valence-electron chi connectivity index (χ1n) is 10.3. The Morgan fingerprint density at radius 1 is 1.12 bits per heavy atom. The van der Waals surface area contributed by atoms with E-state index in [1.807, 2.05) is 6.92 Å². The predicted octanol–water partition coefficient (Wildman–Crippen LogP) is 2.45. The van der Waals surface area contributed by atoms with Crippen molar-refractivity contribution in [1.29, 1.82) is 0 Å². The summed E-state index contributed by atoms with van der Waals surface area (Å²) in [5, 5.41) is 22.4. The lowest BCUT2D eigenvalue weighted by Gasteiger charge is -2.64. The maximum Gasteiger partial charge on any atom is 0.318 e. The van der Waals surface area contributed by atoms with Crippen LogP contribution in [0.25, 0.3) is 0 Å². The van der Waals surface area contributed by atoms with Gasteiger partial charge in [0.25, 0.3) is 0 Å². The van der Waals surface area contributed by atoms with Crippen LogP contribution in [0.2, 0.25) is 0 Å². The monoisotopic (exact) mass is 360 g/mol. The second-order valence-electron chi connectivity index (χ2n) is 10.2. The van der Waals surface area contributed by atoms with Crippen LogP contribution < -0.4 is 0 Å². The molecule has 1 spiro atoms. The molecule has 26 heavy (non-hydrogen) atoms. The largest absolute Gasteiger partial charge is 0.432 e. The SMILES string of the molecule is C[C@@]12OC(=O)[C@]34CC[C@@H]5[C@@]6(C)CC[C@H](O)CC6=CC[C@]5(O)[C@]3(CC[C@H]14)O2. The first-order valence-corrected chi connectivity index (χ1v) is 10.3. The maximum absolute atomic E-state index is 13.0. The minimum Gasteiger partial charge on any atom is -0.432 e. The molecule has 5 heteroatoms. The molecule has 4 aliphatic carbocycles. The fraction of sp³-hybridized carbons (Fsp3) is 0.857. The van der Waals surface area contributed by atoms with Gasteiger partial charge in [0.2, 0.25) is 5.79 Å². The number of hydrogen-bond donors (Lipinski definition) is 2. The van der Waals surface area contributed by atoms with Gasteiger partial charge in [-0.2, -0.15) is 0 Å². The zero-order chi connectivity index (χ0) is 18.2. The molecule has 2 heterocycles. The van der Waals surface area contributed by atoms with E-state index < -0.39 is 22.4 Å². The van der Waals surface area contributed by atoms with E-state index in [9.17, 15) is 15.0 Å². The normalized spacial score (nSPS) is 62.2. The zero-order valence-corrected chi connectivity index (χ0v) is 15.6. The lowest BCUT2D eigenvalue weighted by molar-refractivity contribution is -0.343. The molecule has 8 atom stereocenters. The van der Waals surface area contributed by atoms with E-state index >= 15 is 0 Å². The molecule has 3 saturated carbocycles. The van der Waals surface area contributed by atoms with Crippen molar-refractivity contribution < 1.29 is 24.5 Å². The van der Waals surface area contributed by atoms with Crippen LogP contribution in [0.3, 0.4) is 0 Å². The average Bonchev–Trinajstić information content (AvgIpc) is 3.11. The highest BCUT2D eigenvalue weighted by Gasteiger charge is 2.89. The summed E-state index contributed by atoms with van der Waals surface area (Å²) in [7, 11) is 0. The summed E-state index contributed by atoms with van der Waals surface area (Å²) in [5.74, 6) is -0.866. The lowest BCUT2D eigenvalue weighted by Crippen LogP contribution is -2.73. The molecule has 5 fully saturated rings. The van der Waals surface area contributed by atoms with Crippen LogP contribution in [0.4, 0.5) is 0 Å². The Morgan fingerprint density at radius 2 is 1.88 bits per heavy atom. The van der Waals surface area contributed by atoms with E-state index in [1.165, 1.54) is 5.57 Å². The summed E-state index contributed by atoms with van der Waals surface area (Å²) in [6.07, 6.45) is 8.01. The molecule has 0 radical (unpaired) electrons. The summed E-state index contributed by atoms with van der Waals surface area (Å²) < 4.78 is 12.2. The zero-order valence-electron chi connectivity index (χ0n) is 15.6. The van der Waals surface area contributed by atoms with Gasteiger partial charge in [-0.3, -0.25) is 4.79 Å². The van der Waals surface area contributed by atoms with Gasteiger partial charge in [-0.15, -0.1) is 0 Å². The molecule has 2 saturated heterocycles. The molecule has 142 valence electrons. The average molecular weight is 360 g/mol. The number of ether oxygens (including phenoxy) is 2.